The summed E-state index contributed by atoms with van der Waals surface area (Å²) in [5, 5.41) is 6.55. The third-order valence-corrected chi connectivity index (χ3v) is 4.32. The Kier molecular flexibility index (Phi) is 8.31. The Labute approximate surface area is 161 Å². The molecular formula is C19H22N2O5S. The summed E-state index contributed by atoms with van der Waals surface area (Å²) in [6.07, 6.45) is 2.00. The van der Waals surface area contributed by atoms with Crippen LogP contribution in [0.1, 0.15) is 35.0 Å². The number of urea groups is 1. The summed E-state index contributed by atoms with van der Waals surface area (Å²) < 4.78 is 10.4. The monoisotopic (exact) mass is 390 g/mol. The molecule has 0 unspecified atom stereocenters. The van der Waals surface area contributed by atoms with Crippen molar-refractivity contribution in [1.82, 2.24) is 10.6 Å². The lowest BCUT2D eigenvalue weighted by Gasteiger charge is -2.08. The van der Waals surface area contributed by atoms with E-state index in [4.69, 9.17) is 9.47 Å². The molecular weight excluding hydrogens is 368 g/mol. The minimum absolute atomic E-state index is 0.299. The average Bonchev–Trinajstić information content (AvgIpc) is 3.19. The maximum absolute atomic E-state index is 11.9. The molecule has 2 rings (SSSR count). The predicted molar refractivity (Wildman–Crippen MR) is 102 cm³/mol. The van der Waals surface area contributed by atoms with E-state index in [1.54, 1.807) is 24.3 Å². The fourth-order valence-corrected chi connectivity index (χ4v) is 2.67. The highest BCUT2D eigenvalue weighted by atomic mass is 32.1. The van der Waals surface area contributed by atoms with Crippen LogP contribution in [0.4, 0.5) is 4.79 Å². The zero-order valence-electron chi connectivity index (χ0n) is 15.0. The van der Waals surface area contributed by atoms with Gasteiger partial charge in [-0.1, -0.05) is 19.4 Å². The van der Waals surface area contributed by atoms with E-state index in [9.17, 15) is 14.4 Å². The van der Waals surface area contributed by atoms with Gasteiger partial charge in [-0.2, -0.15) is 0 Å². The number of benzene rings is 1. The molecule has 0 aliphatic heterocycles. The van der Waals surface area contributed by atoms with Gasteiger partial charge in [0, 0.05) is 4.88 Å². The molecule has 0 bridgehead atoms. The third-order valence-electron chi connectivity index (χ3n) is 3.45. The molecule has 27 heavy (non-hydrogen) atoms. The number of esters is 1. The van der Waals surface area contributed by atoms with E-state index in [2.05, 4.69) is 17.6 Å². The summed E-state index contributed by atoms with van der Waals surface area (Å²) in [7, 11) is 0. The van der Waals surface area contributed by atoms with Gasteiger partial charge in [-0.25, -0.2) is 9.59 Å². The van der Waals surface area contributed by atoms with Crippen LogP contribution in [0.3, 0.4) is 0 Å². The molecule has 0 saturated carbocycles. The van der Waals surface area contributed by atoms with Gasteiger partial charge in [0.05, 0.1) is 18.7 Å². The van der Waals surface area contributed by atoms with Crippen LogP contribution in [0.5, 0.6) is 5.75 Å². The zero-order chi connectivity index (χ0) is 19.5. The van der Waals surface area contributed by atoms with Crippen LogP contribution in [-0.4, -0.2) is 31.1 Å². The quantitative estimate of drug-likeness (QED) is 0.507. The van der Waals surface area contributed by atoms with Crippen LogP contribution in [0, 0.1) is 0 Å². The van der Waals surface area contributed by atoms with E-state index in [-0.39, 0.29) is 0 Å². The highest BCUT2D eigenvalue weighted by Gasteiger charge is 2.12. The van der Waals surface area contributed by atoms with Gasteiger partial charge in [-0.15, -0.1) is 11.3 Å². The molecule has 0 atom stereocenters. The Hall–Kier alpha value is -2.87. The number of carbonyl (C=O) groups is 3. The summed E-state index contributed by atoms with van der Waals surface area (Å²) in [4.78, 5) is 36.2. The normalized spacial score (nSPS) is 10.1. The average molecular weight is 390 g/mol. The largest absolute Gasteiger partial charge is 0.494 e. The lowest BCUT2D eigenvalue weighted by Crippen LogP contribution is -2.41. The summed E-state index contributed by atoms with van der Waals surface area (Å²) in [5.41, 5.74) is 0.299. The standard InChI is InChI=1S/C19H22N2O5S/c1-2-3-10-25-15-8-6-14(7-9-15)18(23)26-13-17(22)21-19(24)20-12-16-5-4-11-27-16/h4-9,11H,2-3,10,12-13H2,1H3,(H2,20,21,22,24). The third kappa shape index (κ3) is 7.49. The van der Waals surface area contributed by atoms with Gasteiger partial charge in [0.1, 0.15) is 5.75 Å². The van der Waals surface area contributed by atoms with Crippen LogP contribution in [0.2, 0.25) is 0 Å². The second-order valence-electron chi connectivity index (χ2n) is 5.61. The number of amides is 3. The number of nitrogens with one attached hydrogen (secondary N) is 2. The topological polar surface area (TPSA) is 93.7 Å². The molecule has 1 heterocycles. The van der Waals surface area contributed by atoms with E-state index in [0.717, 1.165) is 17.7 Å². The summed E-state index contributed by atoms with van der Waals surface area (Å²) >= 11 is 1.50. The maximum atomic E-state index is 11.9. The van der Waals surface area contributed by atoms with E-state index in [0.29, 0.717) is 24.5 Å². The summed E-state index contributed by atoms with van der Waals surface area (Å²) in [6, 6.07) is 9.57. The maximum Gasteiger partial charge on any atom is 0.338 e. The first-order valence-corrected chi connectivity index (χ1v) is 9.46. The molecule has 144 valence electrons. The summed E-state index contributed by atoms with van der Waals surface area (Å²) in [6.45, 7) is 2.48. The number of carbonyl (C=O) groups excluding carboxylic acids is 3. The first kappa shape index (κ1) is 20.4. The van der Waals surface area contributed by atoms with Crippen molar-refractivity contribution in [2.24, 2.45) is 0 Å². The van der Waals surface area contributed by atoms with Crippen molar-refractivity contribution in [3.05, 3.63) is 52.2 Å². The molecule has 1 aromatic heterocycles. The lowest BCUT2D eigenvalue weighted by atomic mass is 10.2. The van der Waals surface area contributed by atoms with Crippen LogP contribution < -0.4 is 15.4 Å². The minimum Gasteiger partial charge on any atom is -0.494 e. The first-order valence-electron chi connectivity index (χ1n) is 8.58. The molecule has 0 aliphatic carbocycles. The van der Waals surface area contributed by atoms with Gasteiger partial charge in [-0.05, 0) is 42.1 Å². The first-order chi connectivity index (χ1) is 13.1. The SMILES string of the molecule is CCCCOc1ccc(C(=O)OCC(=O)NC(=O)NCc2cccs2)cc1. The van der Waals surface area contributed by atoms with Crippen LogP contribution in [0.15, 0.2) is 41.8 Å². The Bertz CT molecular complexity index is 744. The molecule has 7 nitrogen and oxygen atoms in total. The highest BCUT2D eigenvalue weighted by Crippen LogP contribution is 2.13. The summed E-state index contributed by atoms with van der Waals surface area (Å²) in [5.74, 6) is -0.684. The van der Waals surface area contributed by atoms with Gasteiger partial charge in [0.15, 0.2) is 6.61 Å². The molecule has 3 amide bonds. The van der Waals surface area contributed by atoms with Crippen LogP contribution in [0.25, 0.3) is 0 Å². The van der Waals surface area contributed by atoms with Gasteiger partial charge in [0.2, 0.25) is 0 Å². The lowest BCUT2D eigenvalue weighted by molar-refractivity contribution is -0.123. The fourth-order valence-electron chi connectivity index (χ4n) is 2.02. The van der Waals surface area contributed by atoms with E-state index in [1.165, 1.54) is 11.3 Å². The number of hydrogen-bond donors (Lipinski definition) is 2. The fraction of sp³-hybridized carbons (Fsp3) is 0.316. The van der Waals surface area contributed by atoms with E-state index < -0.39 is 24.5 Å². The molecule has 2 aromatic rings. The van der Waals surface area contributed by atoms with Crippen molar-refractivity contribution < 1.29 is 23.9 Å². The number of imide groups is 1. The minimum atomic E-state index is -0.702. The Morgan fingerprint density at radius 1 is 1.11 bits per heavy atom. The van der Waals surface area contributed by atoms with Crippen molar-refractivity contribution in [1.29, 1.82) is 0 Å². The molecule has 0 radical (unpaired) electrons. The number of hydrogen-bond acceptors (Lipinski definition) is 6. The van der Waals surface area contributed by atoms with E-state index >= 15 is 0 Å². The second kappa shape index (κ2) is 11.0. The Morgan fingerprint density at radius 3 is 2.56 bits per heavy atom. The molecule has 0 aliphatic rings. The Morgan fingerprint density at radius 2 is 1.89 bits per heavy atom. The zero-order valence-corrected chi connectivity index (χ0v) is 15.8. The number of ether oxygens (including phenoxy) is 2. The van der Waals surface area contributed by atoms with E-state index in [1.807, 2.05) is 17.5 Å². The van der Waals surface area contributed by atoms with Gasteiger partial charge >= 0.3 is 12.0 Å². The van der Waals surface area contributed by atoms with Gasteiger partial charge < -0.3 is 14.8 Å². The molecule has 0 fully saturated rings. The molecule has 8 heteroatoms. The number of thiophene rings is 1. The molecule has 2 N–H and O–H groups in total. The Balaban J connectivity index is 1.69. The second-order valence-corrected chi connectivity index (χ2v) is 6.64. The smallest absolute Gasteiger partial charge is 0.338 e. The number of unbranched alkanes of at least 4 members (excludes halogenated alkanes) is 1. The van der Waals surface area contributed by atoms with Crippen molar-refractivity contribution >= 4 is 29.2 Å². The molecule has 0 saturated heterocycles. The predicted octanol–water partition coefficient (Wildman–Crippen LogP) is 3.11. The number of rotatable bonds is 9. The molecule has 1 aromatic carbocycles. The van der Waals surface area contributed by atoms with Crippen molar-refractivity contribution in [2.45, 2.75) is 26.3 Å². The van der Waals surface area contributed by atoms with Crippen molar-refractivity contribution in [3.8, 4) is 5.75 Å². The molecule has 0 spiro atoms. The van der Waals surface area contributed by atoms with Gasteiger partial charge in [0.25, 0.3) is 5.91 Å². The van der Waals surface area contributed by atoms with Crippen molar-refractivity contribution in [3.63, 3.8) is 0 Å². The van der Waals surface area contributed by atoms with Crippen LogP contribution >= 0.6 is 11.3 Å². The highest BCUT2D eigenvalue weighted by molar-refractivity contribution is 7.09. The van der Waals surface area contributed by atoms with Gasteiger partial charge in [-0.3, -0.25) is 10.1 Å². The van der Waals surface area contributed by atoms with Crippen molar-refractivity contribution in [2.75, 3.05) is 13.2 Å². The van der Waals surface area contributed by atoms with Crippen LogP contribution in [-0.2, 0) is 16.1 Å².